The van der Waals surface area contributed by atoms with Crippen molar-refractivity contribution in [2.45, 2.75) is 18.8 Å². The Morgan fingerprint density at radius 1 is 0.926 bits per heavy atom. The number of hydrogen-bond donors (Lipinski definition) is 1. The summed E-state index contributed by atoms with van der Waals surface area (Å²) < 4.78 is 13.1. The molecule has 0 fully saturated rings. The van der Waals surface area contributed by atoms with E-state index >= 15 is 0 Å². The Balaban J connectivity index is 1.69. The Hall–Kier alpha value is -3.27. The van der Waals surface area contributed by atoms with Crippen molar-refractivity contribution in [2.75, 3.05) is 0 Å². The van der Waals surface area contributed by atoms with Gasteiger partial charge in [-0.05, 0) is 58.5 Å². The molecule has 0 bridgehead atoms. The number of halogens is 1. The molecular weight excluding hydrogens is 343 g/mol. The molecule has 1 aliphatic carbocycles. The normalized spacial score (nSPS) is 12.9. The highest BCUT2D eigenvalue weighted by Gasteiger charge is 2.30. The van der Waals surface area contributed by atoms with Gasteiger partial charge >= 0.3 is 5.97 Å². The van der Waals surface area contributed by atoms with Crippen LogP contribution >= 0.6 is 0 Å². The van der Waals surface area contributed by atoms with Crippen LogP contribution in [0.1, 0.15) is 39.4 Å². The number of Topliss-reactive ketones (excluding diaryl/α,β-unsaturated/α-hetero) is 1. The molecule has 0 aliphatic heterocycles. The summed E-state index contributed by atoms with van der Waals surface area (Å²) in [6.45, 7) is 0. The van der Waals surface area contributed by atoms with Gasteiger partial charge < -0.3 is 5.11 Å². The lowest BCUT2D eigenvalue weighted by Crippen LogP contribution is -2.18. The first-order valence-electron chi connectivity index (χ1n) is 8.76. The maximum atomic E-state index is 13.1. The molecule has 4 heteroatoms. The van der Waals surface area contributed by atoms with Gasteiger partial charge in [-0.15, -0.1) is 0 Å². The zero-order chi connectivity index (χ0) is 19.0. The standard InChI is InChI=1S/C23H17FO3/c24-16-10-8-14(9-11-16)22(25)13-21(23(26)27)19-7-3-6-18-17-5-2-1-4-15(17)12-20(18)19/h1-11,21H,12-13H2,(H,26,27). The number of hydrogen-bond acceptors (Lipinski definition) is 2. The summed E-state index contributed by atoms with van der Waals surface area (Å²) in [6, 6.07) is 18.8. The number of ketones is 1. The number of carbonyl (C=O) groups excluding carboxylic acids is 1. The zero-order valence-corrected chi connectivity index (χ0v) is 14.5. The Morgan fingerprint density at radius 2 is 1.63 bits per heavy atom. The number of carboxylic acids is 1. The van der Waals surface area contributed by atoms with Crippen molar-refractivity contribution in [1.82, 2.24) is 0 Å². The van der Waals surface area contributed by atoms with Gasteiger partial charge in [-0.3, -0.25) is 9.59 Å². The number of rotatable bonds is 5. The van der Waals surface area contributed by atoms with Crippen LogP contribution in [0.3, 0.4) is 0 Å². The van der Waals surface area contributed by atoms with Gasteiger partial charge in [0.05, 0.1) is 5.92 Å². The van der Waals surface area contributed by atoms with Crippen molar-refractivity contribution >= 4 is 11.8 Å². The Kier molecular flexibility index (Phi) is 4.32. The maximum Gasteiger partial charge on any atom is 0.311 e. The predicted octanol–water partition coefficient (Wildman–Crippen LogP) is 4.84. The lowest BCUT2D eigenvalue weighted by molar-refractivity contribution is -0.138. The van der Waals surface area contributed by atoms with Crippen LogP contribution in [-0.4, -0.2) is 16.9 Å². The summed E-state index contributed by atoms with van der Waals surface area (Å²) in [5, 5.41) is 9.80. The number of carboxylic acid groups (broad SMARTS) is 1. The molecule has 0 amide bonds. The van der Waals surface area contributed by atoms with E-state index < -0.39 is 17.7 Å². The van der Waals surface area contributed by atoms with Gasteiger partial charge in [-0.1, -0.05) is 42.5 Å². The summed E-state index contributed by atoms with van der Waals surface area (Å²) in [7, 11) is 0. The minimum absolute atomic E-state index is 0.159. The van der Waals surface area contributed by atoms with E-state index in [4.69, 9.17) is 0 Å². The third-order valence-electron chi connectivity index (χ3n) is 5.12. The number of benzene rings is 3. The second-order valence-electron chi connectivity index (χ2n) is 6.73. The van der Waals surface area contributed by atoms with E-state index in [2.05, 4.69) is 0 Å². The van der Waals surface area contributed by atoms with Gasteiger partial charge in [0.1, 0.15) is 5.82 Å². The van der Waals surface area contributed by atoms with Gasteiger partial charge in [-0.2, -0.15) is 0 Å². The number of fused-ring (bicyclic) bond motifs is 3. The molecule has 0 spiro atoms. The molecule has 134 valence electrons. The Morgan fingerprint density at radius 3 is 2.37 bits per heavy atom. The topological polar surface area (TPSA) is 54.4 Å². The van der Waals surface area contributed by atoms with Crippen molar-refractivity contribution < 1.29 is 19.1 Å². The fourth-order valence-electron chi connectivity index (χ4n) is 3.78. The molecule has 0 heterocycles. The average Bonchev–Trinajstić information content (AvgIpc) is 3.05. The summed E-state index contributed by atoms with van der Waals surface area (Å²) in [6.07, 6.45) is 0.504. The first kappa shape index (κ1) is 17.2. The second-order valence-corrected chi connectivity index (χ2v) is 6.73. The van der Waals surface area contributed by atoms with E-state index in [9.17, 15) is 19.1 Å². The number of carbonyl (C=O) groups is 2. The third-order valence-corrected chi connectivity index (χ3v) is 5.12. The van der Waals surface area contributed by atoms with E-state index in [0.29, 0.717) is 17.5 Å². The Labute approximate surface area is 156 Å². The van der Waals surface area contributed by atoms with Gasteiger partial charge in [0.15, 0.2) is 5.78 Å². The third kappa shape index (κ3) is 3.14. The van der Waals surface area contributed by atoms with Crippen molar-refractivity contribution in [3.8, 4) is 11.1 Å². The van der Waals surface area contributed by atoms with Crippen molar-refractivity contribution in [2.24, 2.45) is 0 Å². The van der Waals surface area contributed by atoms with Crippen LogP contribution in [-0.2, 0) is 11.2 Å². The highest BCUT2D eigenvalue weighted by molar-refractivity contribution is 5.99. The van der Waals surface area contributed by atoms with Crippen LogP contribution < -0.4 is 0 Å². The molecule has 27 heavy (non-hydrogen) atoms. The molecule has 1 aliphatic rings. The number of aliphatic carboxylic acids is 1. The Bertz CT molecular complexity index is 1040. The minimum Gasteiger partial charge on any atom is -0.481 e. The molecule has 1 atom stereocenters. The smallest absolute Gasteiger partial charge is 0.311 e. The fourth-order valence-corrected chi connectivity index (χ4v) is 3.78. The quantitative estimate of drug-likeness (QED) is 0.518. The second kappa shape index (κ2) is 6.80. The SMILES string of the molecule is O=C(CC(C(=O)O)c1cccc2c1Cc1ccccc1-2)c1ccc(F)cc1. The molecule has 0 radical (unpaired) electrons. The van der Waals surface area contributed by atoms with E-state index in [1.54, 1.807) is 6.07 Å². The summed E-state index contributed by atoms with van der Waals surface area (Å²) >= 11 is 0. The van der Waals surface area contributed by atoms with Gasteiger partial charge in [0.25, 0.3) is 0 Å². The monoisotopic (exact) mass is 360 g/mol. The molecule has 4 rings (SSSR count). The van der Waals surface area contributed by atoms with E-state index in [1.807, 2.05) is 36.4 Å². The first-order chi connectivity index (χ1) is 13.0. The lowest BCUT2D eigenvalue weighted by atomic mass is 9.87. The fraction of sp³-hybridized carbons (Fsp3) is 0.130. The highest BCUT2D eigenvalue weighted by Crippen LogP contribution is 2.41. The van der Waals surface area contributed by atoms with E-state index in [1.165, 1.54) is 24.3 Å². The van der Waals surface area contributed by atoms with Crippen LogP contribution in [0.5, 0.6) is 0 Å². The molecule has 0 saturated carbocycles. The van der Waals surface area contributed by atoms with Crippen LogP contribution in [0.25, 0.3) is 11.1 Å². The summed E-state index contributed by atoms with van der Waals surface area (Å²) in [5.74, 6) is -2.71. The summed E-state index contributed by atoms with van der Waals surface area (Å²) in [5.41, 5.74) is 5.27. The molecule has 1 unspecified atom stereocenters. The van der Waals surface area contributed by atoms with Gasteiger partial charge in [0, 0.05) is 12.0 Å². The molecule has 3 aromatic carbocycles. The predicted molar refractivity (Wildman–Crippen MR) is 100 cm³/mol. The van der Waals surface area contributed by atoms with E-state index in [0.717, 1.165) is 22.3 Å². The molecule has 0 saturated heterocycles. The summed E-state index contributed by atoms with van der Waals surface area (Å²) in [4.78, 5) is 24.6. The van der Waals surface area contributed by atoms with Crippen LogP contribution in [0.2, 0.25) is 0 Å². The van der Waals surface area contributed by atoms with E-state index in [-0.39, 0.29) is 12.2 Å². The van der Waals surface area contributed by atoms with Crippen LogP contribution in [0, 0.1) is 5.82 Å². The lowest BCUT2D eigenvalue weighted by Gasteiger charge is -2.16. The molecular formula is C23H17FO3. The molecule has 0 aromatic heterocycles. The molecule has 3 aromatic rings. The van der Waals surface area contributed by atoms with Crippen molar-refractivity contribution in [3.05, 3.63) is 94.8 Å². The highest BCUT2D eigenvalue weighted by atomic mass is 19.1. The average molecular weight is 360 g/mol. The van der Waals surface area contributed by atoms with Crippen molar-refractivity contribution in [1.29, 1.82) is 0 Å². The van der Waals surface area contributed by atoms with Crippen LogP contribution in [0.15, 0.2) is 66.7 Å². The molecule has 3 nitrogen and oxygen atoms in total. The van der Waals surface area contributed by atoms with Crippen molar-refractivity contribution in [3.63, 3.8) is 0 Å². The zero-order valence-electron chi connectivity index (χ0n) is 14.5. The van der Waals surface area contributed by atoms with Gasteiger partial charge in [-0.25, -0.2) is 4.39 Å². The largest absolute Gasteiger partial charge is 0.481 e. The molecule has 1 N–H and O–H groups in total. The minimum atomic E-state index is -1.03. The first-order valence-corrected chi connectivity index (χ1v) is 8.76. The maximum absolute atomic E-state index is 13.1. The van der Waals surface area contributed by atoms with Gasteiger partial charge in [0.2, 0.25) is 0 Å². The van der Waals surface area contributed by atoms with Crippen LogP contribution in [0.4, 0.5) is 4.39 Å².